The van der Waals surface area contributed by atoms with Crippen molar-refractivity contribution in [2.75, 3.05) is 12.4 Å². The first-order valence-corrected chi connectivity index (χ1v) is 7.10. The molecule has 0 saturated carbocycles. The summed E-state index contributed by atoms with van der Waals surface area (Å²) in [6.07, 6.45) is 1.79. The Labute approximate surface area is 125 Å². The van der Waals surface area contributed by atoms with E-state index in [1.54, 1.807) is 6.07 Å². The highest BCUT2D eigenvalue weighted by molar-refractivity contribution is 5.49. The van der Waals surface area contributed by atoms with Gasteiger partial charge in [0.05, 0.1) is 12.2 Å². The van der Waals surface area contributed by atoms with Gasteiger partial charge in [0.25, 0.3) is 0 Å². The lowest BCUT2D eigenvalue weighted by atomic mass is 10.2. The first kappa shape index (κ1) is 15.3. The highest BCUT2D eigenvalue weighted by Gasteiger charge is 2.12. The molecule has 1 aromatic carbocycles. The van der Waals surface area contributed by atoms with Crippen molar-refractivity contribution in [1.82, 2.24) is 9.97 Å². The summed E-state index contributed by atoms with van der Waals surface area (Å²) in [5, 5.41) is 12.3. The van der Waals surface area contributed by atoms with E-state index in [4.69, 9.17) is 4.74 Å². The van der Waals surface area contributed by atoms with Crippen LogP contribution in [0.1, 0.15) is 30.3 Å². The molecule has 2 aromatic rings. The van der Waals surface area contributed by atoms with Crippen LogP contribution < -0.4 is 10.1 Å². The van der Waals surface area contributed by atoms with Crippen LogP contribution in [0, 0.1) is 6.92 Å². The van der Waals surface area contributed by atoms with Gasteiger partial charge in [0, 0.05) is 13.5 Å². The molecule has 5 heteroatoms. The van der Waals surface area contributed by atoms with Gasteiger partial charge < -0.3 is 15.2 Å². The fourth-order valence-corrected chi connectivity index (χ4v) is 2.04. The fourth-order valence-electron chi connectivity index (χ4n) is 2.04. The molecule has 0 fully saturated rings. The molecule has 0 saturated heterocycles. The van der Waals surface area contributed by atoms with Crippen molar-refractivity contribution >= 4 is 5.82 Å². The highest BCUT2D eigenvalue weighted by Crippen LogP contribution is 2.27. The second kappa shape index (κ2) is 7.04. The number of nitrogens with one attached hydrogen (secondary N) is 1. The molecule has 21 heavy (non-hydrogen) atoms. The number of anilines is 1. The van der Waals surface area contributed by atoms with Crippen molar-refractivity contribution in [3.05, 3.63) is 41.2 Å². The maximum absolute atomic E-state index is 9.19. The minimum atomic E-state index is -0.0111. The molecule has 0 unspecified atom stereocenters. The molecule has 0 amide bonds. The van der Waals surface area contributed by atoms with Gasteiger partial charge in [-0.15, -0.1) is 0 Å². The van der Waals surface area contributed by atoms with Crippen molar-refractivity contribution in [3.63, 3.8) is 0 Å². The van der Waals surface area contributed by atoms with E-state index in [9.17, 15) is 5.11 Å². The number of nitrogens with zero attached hydrogens (tertiary/aromatic N) is 2. The summed E-state index contributed by atoms with van der Waals surface area (Å²) in [7, 11) is 1.83. The number of aryl methyl sites for hydroxylation is 1. The smallest absolute Gasteiger partial charge is 0.227 e. The molecule has 5 nitrogen and oxygen atoms in total. The molecule has 1 heterocycles. The van der Waals surface area contributed by atoms with Crippen LogP contribution in [-0.2, 0) is 13.0 Å². The topological polar surface area (TPSA) is 67.3 Å². The highest BCUT2D eigenvalue weighted by atomic mass is 16.5. The van der Waals surface area contributed by atoms with Crippen LogP contribution in [0.2, 0.25) is 0 Å². The fraction of sp³-hybridized carbons (Fsp3) is 0.375. The summed E-state index contributed by atoms with van der Waals surface area (Å²) in [4.78, 5) is 8.96. The molecule has 0 spiro atoms. The van der Waals surface area contributed by atoms with E-state index in [-0.39, 0.29) is 6.61 Å². The van der Waals surface area contributed by atoms with E-state index in [2.05, 4.69) is 22.2 Å². The van der Waals surface area contributed by atoms with Gasteiger partial charge in [-0.25, -0.2) is 4.98 Å². The molecule has 0 bridgehead atoms. The molecule has 2 rings (SSSR count). The van der Waals surface area contributed by atoms with Crippen LogP contribution in [-0.4, -0.2) is 22.1 Å². The first-order chi connectivity index (χ1) is 10.2. The van der Waals surface area contributed by atoms with Crippen LogP contribution >= 0.6 is 0 Å². The van der Waals surface area contributed by atoms with Crippen molar-refractivity contribution in [2.24, 2.45) is 0 Å². The van der Waals surface area contributed by atoms with Gasteiger partial charge in [0.15, 0.2) is 0 Å². The van der Waals surface area contributed by atoms with Crippen LogP contribution in [0.5, 0.6) is 11.6 Å². The van der Waals surface area contributed by atoms with Crippen molar-refractivity contribution in [2.45, 2.75) is 33.3 Å². The van der Waals surface area contributed by atoms with Crippen molar-refractivity contribution in [3.8, 4) is 11.6 Å². The Hall–Kier alpha value is -2.14. The van der Waals surface area contributed by atoms with Gasteiger partial charge in [0.1, 0.15) is 17.4 Å². The lowest BCUT2D eigenvalue weighted by Crippen LogP contribution is -2.05. The maximum atomic E-state index is 9.19. The zero-order valence-corrected chi connectivity index (χ0v) is 12.7. The van der Waals surface area contributed by atoms with Gasteiger partial charge >= 0.3 is 0 Å². The second-order valence-electron chi connectivity index (χ2n) is 4.83. The summed E-state index contributed by atoms with van der Waals surface area (Å²) in [5.41, 5.74) is 1.67. The van der Waals surface area contributed by atoms with Crippen molar-refractivity contribution in [1.29, 1.82) is 0 Å². The summed E-state index contributed by atoms with van der Waals surface area (Å²) < 4.78 is 5.88. The number of ether oxygens (including phenoxy) is 1. The number of rotatable bonds is 6. The van der Waals surface area contributed by atoms with E-state index in [0.717, 1.165) is 35.6 Å². The zero-order chi connectivity index (χ0) is 15.2. The van der Waals surface area contributed by atoms with Crippen LogP contribution in [0.3, 0.4) is 0 Å². The lowest BCUT2D eigenvalue weighted by molar-refractivity contribution is 0.281. The average Bonchev–Trinajstić information content (AvgIpc) is 2.50. The minimum Gasteiger partial charge on any atom is -0.439 e. The molecule has 2 N–H and O–H groups in total. The molecule has 0 aliphatic rings. The standard InChI is InChI=1S/C16H21N3O2/c1-4-6-14-18-15(17-3)11(2)16(19-14)21-13-8-5-7-12(9-13)10-20/h5,7-9,20H,4,6,10H2,1-3H3,(H,17,18,19). The Morgan fingerprint density at radius 3 is 2.76 bits per heavy atom. The number of benzene rings is 1. The predicted octanol–water partition coefficient (Wildman–Crippen LogP) is 3.06. The number of hydrogen-bond acceptors (Lipinski definition) is 5. The number of hydrogen-bond donors (Lipinski definition) is 2. The van der Waals surface area contributed by atoms with Gasteiger partial charge in [-0.05, 0) is 31.0 Å². The number of aromatic nitrogens is 2. The van der Waals surface area contributed by atoms with Gasteiger partial charge in [-0.2, -0.15) is 4.98 Å². The molecular weight excluding hydrogens is 266 g/mol. The van der Waals surface area contributed by atoms with E-state index in [1.165, 1.54) is 0 Å². The van der Waals surface area contributed by atoms with E-state index >= 15 is 0 Å². The molecular formula is C16H21N3O2. The summed E-state index contributed by atoms with van der Waals surface area (Å²) >= 11 is 0. The third-order valence-corrected chi connectivity index (χ3v) is 3.15. The predicted molar refractivity (Wildman–Crippen MR) is 82.7 cm³/mol. The molecule has 0 aliphatic carbocycles. The van der Waals surface area contributed by atoms with Crippen LogP contribution in [0.4, 0.5) is 5.82 Å². The summed E-state index contributed by atoms with van der Waals surface area (Å²) in [6.45, 7) is 4.00. The SMILES string of the molecule is CCCc1nc(NC)c(C)c(Oc2cccc(CO)c2)n1. The van der Waals surface area contributed by atoms with Gasteiger partial charge in [-0.1, -0.05) is 19.1 Å². The Balaban J connectivity index is 2.35. The maximum Gasteiger partial charge on any atom is 0.227 e. The van der Waals surface area contributed by atoms with Crippen LogP contribution in [0.25, 0.3) is 0 Å². The van der Waals surface area contributed by atoms with E-state index in [1.807, 2.05) is 32.2 Å². The second-order valence-corrected chi connectivity index (χ2v) is 4.83. The number of aliphatic hydroxyl groups excluding tert-OH is 1. The molecule has 0 atom stereocenters. The van der Waals surface area contributed by atoms with E-state index in [0.29, 0.717) is 11.6 Å². The Morgan fingerprint density at radius 2 is 2.10 bits per heavy atom. The Morgan fingerprint density at radius 1 is 1.29 bits per heavy atom. The normalized spacial score (nSPS) is 10.5. The molecule has 0 radical (unpaired) electrons. The zero-order valence-electron chi connectivity index (χ0n) is 12.7. The average molecular weight is 287 g/mol. The van der Waals surface area contributed by atoms with Gasteiger partial charge in [0.2, 0.25) is 5.88 Å². The third-order valence-electron chi connectivity index (χ3n) is 3.15. The largest absolute Gasteiger partial charge is 0.439 e. The summed E-state index contributed by atoms with van der Waals surface area (Å²) in [5.74, 6) is 2.75. The monoisotopic (exact) mass is 287 g/mol. The molecule has 112 valence electrons. The number of aliphatic hydroxyl groups is 1. The van der Waals surface area contributed by atoms with Crippen LogP contribution in [0.15, 0.2) is 24.3 Å². The van der Waals surface area contributed by atoms with Gasteiger partial charge in [-0.3, -0.25) is 0 Å². The first-order valence-electron chi connectivity index (χ1n) is 7.10. The Bertz CT molecular complexity index is 614. The quantitative estimate of drug-likeness (QED) is 0.854. The lowest BCUT2D eigenvalue weighted by Gasteiger charge is -2.13. The Kier molecular flexibility index (Phi) is 5.11. The summed E-state index contributed by atoms with van der Waals surface area (Å²) in [6, 6.07) is 7.35. The molecule has 1 aromatic heterocycles. The van der Waals surface area contributed by atoms with Crippen molar-refractivity contribution < 1.29 is 9.84 Å². The van der Waals surface area contributed by atoms with E-state index < -0.39 is 0 Å². The molecule has 0 aliphatic heterocycles. The minimum absolute atomic E-state index is 0.0111. The third kappa shape index (κ3) is 3.70.